The summed E-state index contributed by atoms with van der Waals surface area (Å²) in [5, 5.41) is 7.00. The minimum atomic E-state index is -0.449. The van der Waals surface area contributed by atoms with Crippen LogP contribution in [0.5, 0.6) is 0 Å². The molecular weight excluding hydrogens is 655 g/mol. The molecule has 0 bridgehead atoms. The number of ether oxygens (including phenoxy) is 1. The van der Waals surface area contributed by atoms with Crippen molar-refractivity contribution in [2.75, 3.05) is 20.7 Å². The van der Waals surface area contributed by atoms with Crippen LogP contribution >= 0.6 is 0 Å². The van der Waals surface area contributed by atoms with Gasteiger partial charge in [-0.2, -0.15) is 0 Å². The maximum atomic E-state index is 14.1. The molecule has 5 nitrogen and oxygen atoms in total. The third kappa shape index (κ3) is 7.29. The van der Waals surface area contributed by atoms with E-state index in [2.05, 4.69) is 98.2 Å². The first-order valence-electron chi connectivity index (χ1n) is 21.0. The SMILES string of the molecule is C=C(CC(C)(C)C=O)OC1CCC2(C)C(CCC3(C)C4CCC5(CCN(C)Cc6ccc(C)cc6)CC(=O)C(C(C)C)=C5C4(C)CCC32)C1(C)C.CO. The summed E-state index contributed by atoms with van der Waals surface area (Å²) in [6.07, 6.45) is 13.1. The highest BCUT2D eigenvalue weighted by Crippen LogP contribution is 2.76. The van der Waals surface area contributed by atoms with E-state index in [1.165, 1.54) is 55.2 Å². The van der Waals surface area contributed by atoms with Gasteiger partial charge in [0, 0.05) is 42.7 Å². The first-order chi connectivity index (χ1) is 24.7. The van der Waals surface area contributed by atoms with E-state index >= 15 is 0 Å². The van der Waals surface area contributed by atoms with E-state index in [0.717, 1.165) is 57.9 Å². The average Bonchev–Trinajstić information content (AvgIpc) is 3.40. The molecule has 1 aromatic carbocycles. The highest BCUT2D eigenvalue weighted by molar-refractivity contribution is 6.00. The van der Waals surface area contributed by atoms with Crippen molar-refractivity contribution in [3.8, 4) is 0 Å². The first-order valence-corrected chi connectivity index (χ1v) is 21.0. The van der Waals surface area contributed by atoms with Crippen LogP contribution in [0.25, 0.3) is 0 Å². The fraction of sp³-hybridized carbons (Fsp3) is 0.750. The summed E-state index contributed by atoms with van der Waals surface area (Å²) in [4.78, 5) is 28.3. The number of fused-ring (bicyclic) bond motifs is 7. The van der Waals surface area contributed by atoms with Crippen LogP contribution in [0.15, 0.2) is 47.7 Å². The Hall–Kier alpha value is -2.24. The quantitative estimate of drug-likeness (QED) is 0.181. The molecule has 0 aliphatic heterocycles. The van der Waals surface area contributed by atoms with E-state index < -0.39 is 5.41 Å². The van der Waals surface area contributed by atoms with Crippen LogP contribution in [0.1, 0.15) is 144 Å². The third-order valence-electron chi connectivity index (χ3n) is 16.0. The number of allylic oxidation sites excluding steroid dienone is 3. The van der Waals surface area contributed by atoms with Crippen molar-refractivity contribution >= 4 is 12.1 Å². The summed E-state index contributed by atoms with van der Waals surface area (Å²) in [5.41, 5.74) is 5.67. The molecule has 4 saturated carbocycles. The van der Waals surface area contributed by atoms with Crippen LogP contribution < -0.4 is 0 Å². The van der Waals surface area contributed by atoms with Gasteiger partial charge in [-0.25, -0.2) is 0 Å². The van der Waals surface area contributed by atoms with Gasteiger partial charge in [0.05, 0.1) is 5.76 Å². The highest BCUT2D eigenvalue weighted by Gasteiger charge is 2.69. The number of ketones is 1. The van der Waals surface area contributed by atoms with E-state index in [4.69, 9.17) is 9.84 Å². The van der Waals surface area contributed by atoms with Crippen molar-refractivity contribution in [2.24, 2.45) is 56.2 Å². The number of hydrogen-bond donors (Lipinski definition) is 1. The summed E-state index contributed by atoms with van der Waals surface area (Å²) < 4.78 is 6.69. The van der Waals surface area contributed by atoms with Gasteiger partial charge in [-0.1, -0.05) is 104 Å². The lowest BCUT2D eigenvalue weighted by Crippen LogP contribution is -2.64. The number of carbonyl (C=O) groups is 2. The summed E-state index contributed by atoms with van der Waals surface area (Å²) in [5.74, 6) is 3.35. The predicted molar refractivity (Wildman–Crippen MR) is 218 cm³/mol. The molecule has 1 N–H and O–H groups in total. The number of benzene rings is 1. The van der Waals surface area contributed by atoms with Crippen LogP contribution in [0.4, 0.5) is 0 Å². The highest BCUT2D eigenvalue weighted by atomic mass is 16.5. The molecule has 8 atom stereocenters. The Kier molecular flexibility index (Phi) is 11.9. The minimum absolute atomic E-state index is 0.00593. The molecule has 5 aliphatic rings. The molecule has 5 aliphatic carbocycles. The van der Waals surface area contributed by atoms with E-state index in [0.29, 0.717) is 30.0 Å². The molecule has 53 heavy (non-hydrogen) atoms. The molecule has 8 unspecified atom stereocenters. The van der Waals surface area contributed by atoms with Crippen LogP contribution in [0.2, 0.25) is 0 Å². The molecular formula is C48H75NO4. The Bertz CT molecular complexity index is 1550. The molecule has 1 aromatic rings. The van der Waals surface area contributed by atoms with Gasteiger partial charge in [0.2, 0.25) is 0 Å². The van der Waals surface area contributed by atoms with E-state index in [1.807, 2.05) is 13.8 Å². The van der Waals surface area contributed by atoms with Crippen LogP contribution in [-0.4, -0.2) is 48.9 Å². The zero-order valence-electron chi connectivity index (χ0n) is 35.8. The molecule has 0 spiro atoms. The topological polar surface area (TPSA) is 66.8 Å². The fourth-order valence-corrected chi connectivity index (χ4v) is 13.8. The average molecular weight is 730 g/mol. The van der Waals surface area contributed by atoms with Crippen molar-refractivity contribution in [3.05, 3.63) is 58.9 Å². The smallest absolute Gasteiger partial charge is 0.159 e. The van der Waals surface area contributed by atoms with Gasteiger partial charge >= 0.3 is 0 Å². The number of aldehydes is 1. The summed E-state index contributed by atoms with van der Waals surface area (Å²) in [6.45, 7) is 29.8. The molecule has 0 saturated heterocycles. The van der Waals surface area contributed by atoms with Gasteiger partial charge in [-0.3, -0.25) is 4.79 Å². The molecule has 0 aromatic heterocycles. The minimum Gasteiger partial charge on any atom is -0.495 e. The van der Waals surface area contributed by atoms with Gasteiger partial charge < -0.3 is 19.5 Å². The summed E-state index contributed by atoms with van der Waals surface area (Å²) in [6, 6.07) is 8.96. The number of aliphatic hydroxyl groups is 1. The Morgan fingerprint density at radius 3 is 2.15 bits per heavy atom. The van der Waals surface area contributed by atoms with Gasteiger partial charge in [0.1, 0.15) is 12.4 Å². The zero-order valence-corrected chi connectivity index (χ0v) is 35.8. The lowest BCUT2D eigenvalue weighted by Gasteiger charge is -2.71. The molecule has 0 radical (unpaired) electrons. The molecule has 4 fully saturated rings. The standard InChI is InChI=1S/C47H71NO3.CH4O/c1-31(2)40-35(50)28-47(25-26-48(12)29-34-15-13-32(3)14-16-34)24-19-38-45(10)21-17-36-43(7,8)39(51-33(4)27-42(5,6)30-49)20-23-44(36,9)37(45)18-22-46(38,11)41(40)47;1-2/h13-16,30-31,36-39H,4,17-29H2,1-3,5-12H3;2H,1H3. The molecule has 0 heterocycles. The number of rotatable bonds is 11. The second kappa shape index (κ2) is 15.0. The molecule has 296 valence electrons. The van der Waals surface area contributed by atoms with Gasteiger partial charge in [-0.15, -0.1) is 0 Å². The van der Waals surface area contributed by atoms with Crippen molar-refractivity contribution in [1.82, 2.24) is 4.90 Å². The second-order valence-corrected chi connectivity index (χ2v) is 20.8. The van der Waals surface area contributed by atoms with E-state index in [9.17, 15) is 9.59 Å². The van der Waals surface area contributed by atoms with Crippen molar-refractivity contribution in [2.45, 2.75) is 153 Å². The van der Waals surface area contributed by atoms with Gasteiger partial charge in [0.25, 0.3) is 0 Å². The number of nitrogens with zero attached hydrogens (tertiary/aromatic N) is 1. The number of hydrogen-bond acceptors (Lipinski definition) is 5. The van der Waals surface area contributed by atoms with Gasteiger partial charge in [0.15, 0.2) is 5.78 Å². The maximum Gasteiger partial charge on any atom is 0.159 e. The second-order valence-electron chi connectivity index (χ2n) is 20.8. The van der Waals surface area contributed by atoms with E-state index in [-0.39, 0.29) is 39.1 Å². The van der Waals surface area contributed by atoms with Crippen molar-refractivity contribution in [3.63, 3.8) is 0 Å². The maximum absolute atomic E-state index is 14.1. The number of Topliss-reactive ketones (excluding diaryl/α,β-unsaturated/α-hetero) is 1. The Balaban J connectivity index is 0.00000266. The lowest BCUT2D eigenvalue weighted by atomic mass is 9.34. The number of aryl methyl sites for hydroxylation is 1. The number of aliphatic hydroxyl groups excluding tert-OH is 1. The van der Waals surface area contributed by atoms with Crippen molar-refractivity contribution in [1.29, 1.82) is 0 Å². The zero-order chi connectivity index (χ0) is 39.4. The van der Waals surface area contributed by atoms with Crippen LogP contribution in [0, 0.1) is 63.1 Å². The van der Waals surface area contributed by atoms with Crippen molar-refractivity contribution < 1.29 is 19.4 Å². The Labute approximate surface area is 323 Å². The predicted octanol–water partition coefficient (Wildman–Crippen LogP) is 10.9. The van der Waals surface area contributed by atoms with Gasteiger partial charge in [-0.05, 0) is 129 Å². The summed E-state index contributed by atoms with van der Waals surface area (Å²) in [7, 11) is 3.27. The lowest BCUT2D eigenvalue weighted by molar-refractivity contribution is -0.217. The molecule has 6 rings (SSSR count). The third-order valence-corrected chi connectivity index (χ3v) is 16.0. The first kappa shape index (κ1) is 41.9. The molecule has 0 amide bonds. The normalized spacial score (nSPS) is 36.2. The van der Waals surface area contributed by atoms with Crippen LogP contribution in [0.3, 0.4) is 0 Å². The monoisotopic (exact) mass is 730 g/mol. The Morgan fingerprint density at radius 2 is 1.53 bits per heavy atom. The largest absolute Gasteiger partial charge is 0.495 e. The molecule has 5 heteroatoms. The number of carbonyl (C=O) groups excluding carboxylic acids is 2. The Morgan fingerprint density at radius 1 is 0.943 bits per heavy atom. The fourth-order valence-electron chi connectivity index (χ4n) is 13.8. The van der Waals surface area contributed by atoms with Crippen LogP contribution in [-0.2, 0) is 20.9 Å². The summed E-state index contributed by atoms with van der Waals surface area (Å²) >= 11 is 0. The van der Waals surface area contributed by atoms with E-state index in [1.54, 1.807) is 5.57 Å².